The molecule has 5 rings (SSSR count). The van der Waals surface area contributed by atoms with Crippen LogP contribution in [0.3, 0.4) is 0 Å². The molecular formula is C25H20N6O3. The maximum atomic E-state index is 13.1. The van der Waals surface area contributed by atoms with Crippen LogP contribution in [-0.2, 0) is 10.3 Å². The van der Waals surface area contributed by atoms with Gasteiger partial charge < -0.3 is 5.32 Å². The molecule has 0 spiro atoms. The van der Waals surface area contributed by atoms with Gasteiger partial charge in [0.05, 0.1) is 5.69 Å². The quantitative estimate of drug-likeness (QED) is 0.453. The van der Waals surface area contributed by atoms with Crippen LogP contribution in [0, 0.1) is 0 Å². The number of hydrogen-bond acceptors (Lipinski definition) is 5. The first-order valence-electron chi connectivity index (χ1n) is 10.6. The third-order valence-corrected chi connectivity index (χ3v) is 5.60. The molecule has 1 aromatic heterocycles. The van der Waals surface area contributed by atoms with Crippen LogP contribution in [0.2, 0.25) is 0 Å². The third kappa shape index (κ3) is 3.58. The second-order valence-corrected chi connectivity index (χ2v) is 7.88. The fraction of sp³-hybridized carbons (Fsp3) is 0.0800. The minimum atomic E-state index is -1.31. The molecular weight excluding hydrogens is 432 g/mol. The highest BCUT2D eigenvalue weighted by Gasteiger charge is 2.50. The Kier molecular flexibility index (Phi) is 5.14. The maximum Gasteiger partial charge on any atom is 0.344 e. The number of hydrogen-bond donors (Lipinski definition) is 2. The van der Waals surface area contributed by atoms with Crippen LogP contribution in [0.4, 0.5) is 4.79 Å². The van der Waals surface area contributed by atoms with Gasteiger partial charge in [-0.1, -0.05) is 78.9 Å². The summed E-state index contributed by atoms with van der Waals surface area (Å²) < 4.78 is 1.55. The molecule has 168 valence electrons. The number of aromatic nitrogens is 3. The summed E-state index contributed by atoms with van der Waals surface area (Å²) in [5, 5.41) is 7.68. The molecule has 1 saturated heterocycles. The van der Waals surface area contributed by atoms with Crippen molar-refractivity contribution in [2.45, 2.75) is 12.5 Å². The third-order valence-electron chi connectivity index (χ3n) is 5.60. The van der Waals surface area contributed by atoms with Crippen LogP contribution < -0.4 is 10.7 Å². The van der Waals surface area contributed by atoms with Crippen molar-refractivity contribution in [3.8, 4) is 17.1 Å². The second kappa shape index (κ2) is 8.28. The molecule has 1 aliphatic heterocycles. The molecule has 34 heavy (non-hydrogen) atoms. The molecule has 0 radical (unpaired) electrons. The highest BCUT2D eigenvalue weighted by atomic mass is 16.2. The number of carbonyl (C=O) groups is 3. The normalized spacial score (nSPS) is 17.5. The standard InChI is InChI=1S/C25H20N6O3/c1-25(18-13-7-3-8-14-18)23(33)31(24(34)27-25)29-22(32)20-26-21(17-11-5-2-6-12-17)30(28-20)19-15-9-4-10-16-19/h2-16H,1H3,(H,27,34)(H,29,32). The fourth-order valence-corrected chi connectivity index (χ4v) is 3.79. The number of nitrogens with zero attached hydrogens (tertiary/aromatic N) is 4. The Morgan fingerprint density at radius 1 is 0.882 bits per heavy atom. The summed E-state index contributed by atoms with van der Waals surface area (Å²) in [5.41, 5.74) is 3.11. The molecule has 9 nitrogen and oxygen atoms in total. The van der Waals surface area contributed by atoms with Crippen molar-refractivity contribution < 1.29 is 14.4 Å². The van der Waals surface area contributed by atoms with Gasteiger partial charge in [0.15, 0.2) is 5.82 Å². The molecule has 4 aromatic rings. The number of nitrogens with one attached hydrogen (secondary N) is 2. The number of carbonyl (C=O) groups excluding carboxylic acids is 3. The Hall–Kier alpha value is -4.79. The van der Waals surface area contributed by atoms with E-state index in [9.17, 15) is 14.4 Å². The van der Waals surface area contributed by atoms with Gasteiger partial charge in [0.1, 0.15) is 5.54 Å². The largest absolute Gasteiger partial charge is 0.344 e. The van der Waals surface area contributed by atoms with E-state index in [1.54, 1.807) is 35.9 Å². The topological polar surface area (TPSA) is 109 Å². The van der Waals surface area contributed by atoms with E-state index in [1.165, 1.54) is 0 Å². The average Bonchev–Trinajstić information content (AvgIpc) is 3.42. The summed E-state index contributed by atoms with van der Waals surface area (Å²) in [6, 6.07) is 26.6. The van der Waals surface area contributed by atoms with Gasteiger partial charge >= 0.3 is 11.9 Å². The lowest BCUT2D eigenvalue weighted by molar-refractivity contribution is -0.132. The Bertz CT molecular complexity index is 1310. The van der Waals surface area contributed by atoms with Gasteiger partial charge in [0.25, 0.3) is 5.91 Å². The zero-order valence-corrected chi connectivity index (χ0v) is 18.2. The molecule has 1 unspecified atom stereocenters. The van der Waals surface area contributed by atoms with Crippen LogP contribution in [0.1, 0.15) is 23.1 Å². The molecule has 0 aliphatic carbocycles. The highest BCUT2D eigenvalue weighted by Crippen LogP contribution is 2.28. The molecule has 0 saturated carbocycles. The van der Waals surface area contributed by atoms with Crippen molar-refractivity contribution in [2.75, 3.05) is 0 Å². The molecule has 0 bridgehead atoms. The number of hydrazine groups is 1. The van der Waals surface area contributed by atoms with E-state index < -0.39 is 23.4 Å². The number of urea groups is 1. The van der Waals surface area contributed by atoms with E-state index in [0.717, 1.165) is 5.56 Å². The van der Waals surface area contributed by atoms with E-state index in [2.05, 4.69) is 20.8 Å². The number of amides is 4. The summed E-state index contributed by atoms with van der Waals surface area (Å²) in [5.74, 6) is -1.13. The molecule has 1 atom stereocenters. The van der Waals surface area contributed by atoms with Gasteiger partial charge in [0, 0.05) is 5.56 Å². The zero-order valence-electron chi connectivity index (χ0n) is 18.2. The summed E-state index contributed by atoms with van der Waals surface area (Å²) in [4.78, 5) is 43.1. The van der Waals surface area contributed by atoms with E-state index in [0.29, 0.717) is 22.1 Å². The Labute approximate surface area is 195 Å². The van der Waals surface area contributed by atoms with E-state index in [-0.39, 0.29) is 5.82 Å². The molecule has 3 aromatic carbocycles. The van der Waals surface area contributed by atoms with Crippen LogP contribution in [0.15, 0.2) is 91.0 Å². The zero-order chi connectivity index (χ0) is 23.7. The predicted octanol–water partition coefficient (Wildman–Crippen LogP) is 3.05. The van der Waals surface area contributed by atoms with E-state index in [4.69, 9.17) is 0 Å². The summed E-state index contributed by atoms with van der Waals surface area (Å²) >= 11 is 0. The van der Waals surface area contributed by atoms with Crippen LogP contribution >= 0.6 is 0 Å². The smallest absolute Gasteiger partial charge is 0.318 e. The van der Waals surface area contributed by atoms with Crippen LogP contribution in [-0.4, -0.2) is 37.6 Å². The first-order chi connectivity index (χ1) is 16.5. The monoisotopic (exact) mass is 452 g/mol. The van der Waals surface area contributed by atoms with Crippen molar-refractivity contribution in [3.05, 3.63) is 102 Å². The molecule has 1 aliphatic rings. The lowest BCUT2D eigenvalue weighted by Crippen LogP contribution is -2.48. The van der Waals surface area contributed by atoms with Crippen molar-refractivity contribution in [1.29, 1.82) is 0 Å². The SMILES string of the molecule is CC1(c2ccccc2)NC(=O)N(NC(=O)c2nc(-c3ccccc3)n(-c3ccccc3)n2)C1=O. The second-order valence-electron chi connectivity index (χ2n) is 7.88. The van der Waals surface area contributed by atoms with Gasteiger partial charge in [-0.2, -0.15) is 5.01 Å². The lowest BCUT2D eigenvalue weighted by atomic mass is 9.92. The van der Waals surface area contributed by atoms with Gasteiger partial charge in [-0.15, -0.1) is 5.10 Å². The molecule has 9 heteroatoms. The van der Waals surface area contributed by atoms with Crippen molar-refractivity contribution in [2.24, 2.45) is 0 Å². The van der Waals surface area contributed by atoms with Crippen molar-refractivity contribution >= 4 is 17.8 Å². The summed E-state index contributed by atoms with van der Waals surface area (Å²) in [6.45, 7) is 1.59. The van der Waals surface area contributed by atoms with Crippen molar-refractivity contribution in [3.63, 3.8) is 0 Å². The number of para-hydroxylation sites is 1. The first kappa shape index (κ1) is 21.1. The molecule has 2 heterocycles. The fourth-order valence-electron chi connectivity index (χ4n) is 3.79. The van der Waals surface area contributed by atoms with Gasteiger partial charge in [-0.05, 0) is 24.6 Å². The Morgan fingerprint density at radius 2 is 1.47 bits per heavy atom. The minimum Gasteiger partial charge on any atom is -0.318 e. The molecule has 4 amide bonds. The summed E-state index contributed by atoms with van der Waals surface area (Å²) in [6.07, 6.45) is 0. The highest BCUT2D eigenvalue weighted by molar-refractivity contribution is 6.09. The van der Waals surface area contributed by atoms with E-state index in [1.807, 2.05) is 66.7 Å². The van der Waals surface area contributed by atoms with Gasteiger partial charge in [-0.3, -0.25) is 9.59 Å². The Morgan fingerprint density at radius 3 is 2.12 bits per heavy atom. The summed E-state index contributed by atoms with van der Waals surface area (Å²) in [7, 11) is 0. The van der Waals surface area contributed by atoms with Crippen LogP contribution in [0.25, 0.3) is 17.1 Å². The maximum absolute atomic E-state index is 13.1. The first-order valence-corrected chi connectivity index (χ1v) is 10.6. The van der Waals surface area contributed by atoms with E-state index >= 15 is 0 Å². The average molecular weight is 452 g/mol. The number of benzene rings is 3. The van der Waals surface area contributed by atoms with Gasteiger partial charge in [0.2, 0.25) is 5.82 Å². The molecule has 2 N–H and O–H groups in total. The molecule has 1 fully saturated rings. The minimum absolute atomic E-state index is 0.184. The van der Waals surface area contributed by atoms with Gasteiger partial charge in [-0.25, -0.2) is 19.9 Å². The lowest BCUT2D eigenvalue weighted by Gasteiger charge is -2.21. The van der Waals surface area contributed by atoms with Crippen LogP contribution in [0.5, 0.6) is 0 Å². The predicted molar refractivity (Wildman–Crippen MR) is 123 cm³/mol. The number of imide groups is 1. The van der Waals surface area contributed by atoms with Crippen molar-refractivity contribution in [1.82, 2.24) is 30.5 Å². The Balaban J connectivity index is 1.46. The number of rotatable bonds is 5.